The van der Waals surface area contributed by atoms with Crippen molar-refractivity contribution < 1.29 is 13.2 Å². The standard InChI is InChI=1S/C13H9F3N2O/c14-13(15,16)11-3-1-2-4-12(11)17-9-5-7-10(18-19)8-6-9/h1-8,17H. The van der Waals surface area contributed by atoms with Gasteiger partial charge in [0.2, 0.25) is 0 Å². The van der Waals surface area contributed by atoms with Gasteiger partial charge < -0.3 is 5.32 Å². The minimum atomic E-state index is -4.42. The second-order valence-corrected chi connectivity index (χ2v) is 3.81. The molecule has 1 N–H and O–H groups in total. The zero-order valence-electron chi connectivity index (χ0n) is 9.61. The van der Waals surface area contributed by atoms with Gasteiger partial charge in [0, 0.05) is 5.69 Å². The van der Waals surface area contributed by atoms with Crippen molar-refractivity contribution in [2.75, 3.05) is 5.32 Å². The number of nitrogens with zero attached hydrogens (tertiary/aromatic N) is 1. The van der Waals surface area contributed by atoms with Gasteiger partial charge in [-0.05, 0) is 41.6 Å². The second kappa shape index (κ2) is 5.09. The largest absolute Gasteiger partial charge is 0.418 e. The predicted molar refractivity (Wildman–Crippen MR) is 66.6 cm³/mol. The fourth-order valence-electron chi connectivity index (χ4n) is 1.60. The normalized spacial score (nSPS) is 11.1. The molecule has 0 aliphatic heterocycles. The molecular formula is C13H9F3N2O. The fraction of sp³-hybridized carbons (Fsp3) is 0.0769. The topological polar surface area (TPSA) is 41.5 Å². The average Bonchev–Trinajstić information content (AvgIpc) is 2.39. The van der Waals surface area contributed by atoms with Gasteiger partial charge in [0.1, 0.15) is 5.69 Å². The number of nitroso groups, excluding NO2 is 1. The van der Waals surface area contributed by atoms with Crippen LogP contribution < -0.4 is 5.32 Å². The van der Waals surface area contributed by atoms with E-state index in [4.69, 9.17) is 0 Å². The van der Waals surface area contributed by atoms with Gasteiger partial charge in [-0.15, -0.1) is 4.91 Å². The number of alkyl halides is 3. The van der Waals surface area contributed by atoms with Crippen molar-refractivity contribution in [1.82, 2.24) is 0 Å². The summed E-state index contributed by atoms with van der Waals surface area (Å²) >= 11 is 0. The monoisotopic (exact) mass is 266 g/mol. The first-order chi connectivity index (χ1) is 9.00. The van der Waals surface area contributed by atoms with Gasteiger partial charge >= 0.3 is 6.18 Å². The van der Waals surface area contributed by atoms with Gasteiger partial charge in [-0.3, -0.25) is 0 Å². The highest BCUT2D eigenvalue weighted by Gasteiger charge is 2.33. The highest BCUT2D eigenvalue weighted by molar-refractivity contribution is 5.65. The third-order valence-electron chi connectivity index (χ3n) is 2.48. The first-order valence-corrected chi connectivity index (χ1v) is 5.37. The van der Waals surface area contributed by atoms with Crippen LogP contribution in [0.15, 0.2) is 53.7 Å². The van der Waals surface area contributed by atoms with E-state index in [1.54, 1.807) is 0 Å². The van der Waals surface area contributed by atoms with E-state index >= 15 is 0 Å². The zero-order chi connectivity index (χ0) is 13.9. The van der Waals surface area contributed by atoms with Gasteiger partial charge in [0.15, 0.2) is 0 Å². The molecule has 0 aromatic heterocycles. The number of anilines is 2. The summed E-state index contributed by atoms with van der Waals surface area (Å²) in [6, 6.07) is 11.0. The fourth-order valence-corrected chi connectivity index (χ4v) is 1.60. The molecule has 2 rings (SSSR count). The quantitative estimate of drug-likeness (QED) is 0.807. The molecular weight excluding hydrogens is 257 g/mol. The molecule has 2 aromatic rings. The average molecular weight is 266 g/mol. The Labute approximate surface area is 107 Å². The SMILES string of the molecule is O=Nc1ccc(Nc2ccccc2C(F)(F)F)cc1. The Kier molecular flexibility index (Phi) is 3.50. The molecule has 19 heavy (non-hydrogen) atoms. The van der Waals surface area contributed by atoms with Gasteiger partial charge in [-0.25, -0.2) is 0 Å². The third-order valence-corrected chi connectivity index (χ3v) is 2.48. The molecule has 0 saturated heterocycles. The molecule has 0 radical (unpaired) electrons. The Hall–Kier alpha value is -2.37. The molecule has 3 nitrogen and oxygen atoms in total. The van der Waals surface area contributed by atoms with E-state index in [2.05, 4.69) is 10.5 Å². The van der Waals surface area contributed by atoms with Crippen LogP contribution in [0.25, 0.3) is 0 Å². The van der Waals surface area contributed by atoms with Crippen molar-refractivity contribution in [3.05, 3.63) is 59.0 Å². The molecule has 0 aliphatic carbocycles. The molecule has 0 amide bonds. The molecule has 0 fully saturated rings. The van der Waals surface area contributed by atoms with Crippen molar-refractivity contribution in [3.63, 3.8) is 0 Å². The van der Waals surface area contributed by atoms with Crippen molar-refractivity contribution in [3.8, 4) is 0 Å². The predicted octanol–water partition coefficient (Wildman–Crippen LogP) is 4.85. The number of para-hydroxylation sites is 1. The molecule has 0 atom stereocenters. The number of rotatable bonds is 3. The Morgan fingerprint density at radius 1 is 0.947 bits per heavy atom. The number of halogens is 3. The molecule has 98 valence electrons. The summed E-state index contributed by atoms with van der Waals surface area (Å²) in [5.74, 6) is 0. The summed E-state index contributed by atoms with van der Waals surface area (Å²) in [7, 11) is 0. The van der Waals surface area contributed by atoms with E-state index in [1.807, 2.05) is 0 Å². The number of hydrogen-bond acceptors (Lipinski definition) is 3. The van der Waals surface area contributed by atoms with Gasteiger partial charge in [-0.1, -0.05) is 12.1 Å². The van der Waals surface area contributed by atoms with Crippen LogP contribution in [0, 0.1) is 4.91 Å². The minimum absolute atomic E-state index is 0.0400. The van der Waals surface area contributed by atoms with Crippen LogP contribution in [0.4, 0.5) is 30.2 Å². The van der Waals surface area contributed by atoms with Crippen LogP contribution in [0.3, 0.4) is 0 Å². The third kappa shape index (κ3) is 3.09. The second-order valence-electron chi connectivity index (χ2n) is 3.81. The lowest BCUT2D eigenvalue weighted by atomic mass is 10.1. The Balaban J connectivity index is 2.30. The molecule has 6 heteroatoms. The van der Waals surface area contributed by atoms with E-state index in [0.29, 0.717) is 5.69 Å². The first-order valence-electron chi connectivity index (χ1n) is 5.37. The van der Waals surface area contributed by atoms with Crippen LogP contribution >= 0.6 is 0 Å². The summed E-state index contributed by atoms with van der Waals surface area (Å²) in [6.07, 6.45) is -4.42. The first kappa shape index (κ1) is 13.1. The Morgan fingerprint density at radius 3 is 2.16 bits per heavy atom. The molecule has 2 aromatic carbocycles. The Morgan fingerprint density at radius 2 is 1.58 bits per heavy atom. The molecule has 0 aliphatic rings. The van der Waals surface area contributed by atoms with Crippen LogP contribution in [0.1, 0.15) is 5.56 Å². The molecule has 0 unspecified atom stereocenters. The smallest absolute Gasteiger partial charge is 0.355 e. The summed E-state index contributed by atoms with van der Waals surface area (Å²) in [6.45, 7) is 0. The van der Waals surface area contributed by atoms with Gasteiger partial charge in [0.05, 0.1) is 11.3 Å². The maximum Gasteiger partial charge on any atom is 0.418 e. The van der Waals surface area contributed by atoms with Crippen LogP contribution in [0.5, 0.6) is 0 Å². The summed E-state index contributed by atoms with van der Waals surface area (Å²) in [5.41, 5.74) is -0.117. The number of nitrogens with one attached hydrogen (secondary N) is 1. The maximum absolute atomic E-state index is 12.8. The summed E-state index contributed by atoms with van der Waals surface area (Å²) < 4.78 is 38.3. The van der Waals surface area contributed by atoms with Crippen molar-refractivity contribution in [2.45, 2.75) is 6.18 Å². The van der Waals surface area contributed by atoms with Gasteiger partial charge in [-0.2, -0.15) is 13.2 Å². The summed E-state index contributed by atoms with van der Waals surface area (Å²) in [4.78, 5) is 10.2. The molecule has 0 saturated carbocycles. The van der Waals surface area contributed by atoms with Crippen LogP contribution in [-0.2, 0) is 6.18 Å². The molecule has 0 heterocycles. The van der Waals surface area contributed by atoms with E-state index in [9.17, 15) is 18.1 Å². The van der Waals surface area contributed by atoms with E-state index < -0.39 is 11.7 Å². The highest BCUT2D eigenvalue weighted by atomic mass is 19.4. The van der Waals surface area contributed by atoms with Crippen molar-refractivity contribution in [2.24, 2.45) is 5.18 Å². The van der Waals surface area contributed by atoms with E-state index in [-0.39, 0.29) is 11.4 Å². The zero-order valence-corrected chi connectivity index (χ0v) is 9.61. The lowest BCUT2D eigenvalue weighted by Crippen LogP contribution is -2.08. The van der Waals surface area contributed by atoms with Crippen molar-refractivity contribution >= 4 is 17.1 Å². The lowest BCUT2D eigenvalue weighted by molar-refractivity contribution is -0.136. The Bertz CT molecular complexity index is 579. The lowest BCUT2D eigenvalue weighted by Gasteiger charge is -2.14. The maximum atomic E-state index is 12.8. The summed E-state index contributed by atoms with van der Waals surface area (Å²) in [5, 5.41) is 5.38. The highest BCUT2D eigenvalue weighted by Crippen LogP contribution is 2.35. The van der Waals surface area contributed by atoms with Gasteiger partial charge in [0.25, 0.3) is 0 Å². The van der Waals surface area contributed by atoms with Crippen molar-refractivity contribution in [1.29, 1.82) is 0 Å². The molecule has 0 bridgehead atoms. The number of hydrogen-bond donors (Lipinski definition) is 1. The molecule has 0 spiro atoms. The minimum Gasteiger partial charge on any atom is -0.355 e. The number of benzene rings is 2. The van der Waals surface area contributed by atoms with Crippen LogP contribution in [-0.4, -0.2) is 0 Å². The van der Waals surface area contributed by atoms with E-state index in [0.717, 1.165) is 6.07 Å². The van der Waals surface area contributed by atoms with E-state index in [1.165, 1.54) is 42.5 Å². The van der Waals surface area contributed by atoms with Crippen LogP contribution in [0.2, 0.25) is 0 Å².